The molecular weight excluding hydrogens is 258 g/mol. The van der Waals surface area contributed by atoms with Gasteiger partial charge in [0.2, 0.25) is 0 Å². The highest BCUT2D eigenvalue weighted by molar-refractivity contribution is 5.13. The Kier molecular flexibility index (Phi) is 5.86. The topological polar surface area (TPSA) is 29.9 Å². The first-order valence-electron chi connectivity index (χ1n) is 8.77. The van der Waals surface area contributed by atoms with E-state index in [2.05, 4.69) is 55.2 Å². The Morgan fingerprint density at radius 3 is 2.71 bits per heavy atom. The molecule has 1 aliphatic rings. The highest BCUT2D eigenvalue weighted by Crippen LogP contribution is 2.36. The quantitative estimate of drug-likeness (QED) is 0.818. The van der Waals surface area contributed by atoms with E-state index in [1.165, 1.54) is 37.7 Å². The zero-order valence-electron chi connectivity index (χ0n) is 14.4. The summed E-state index contributed by atoms with van der Waals surface area (Å²) in [5.74, 6) is 1.44. The van der Waals surface area contributed by atoms with Gasteiger partial charge in [0.05, 0.1) is 6.20 Å². The summed E-state index contributed by atoms with van der Waals surface area (Å²) in [6.45, 7) is 11.2. The molecule has 1 N–H and O–H groups in total. The summed E-state index contributed by atoms with van der Waals surface area (Å²) in [5, 5.41) is 8.28. The lowest BCUT2D eigenvalue weighted by Crippen LogP contribution is -2.40. The van der Waals surface area contributed by atoms with Gasteiger partial charge in [0.15, 0.2) is 0 Å². The molecule has 1 aliphatic carbocycles. The number of aryl methyl sites for hydroxylation is 1. The van der Waals surface area contributed by atoms with E-state index >= 15 is 0 Å². The molecule has 1 aromatic heterocycles. The van der Waals surface area contributed by atoms with Gasteiger partial charge in [0, 0.05) is 18.3 Å². The van der Waals surface area contributed by atoms with Gasteiger partial charge >= 0.3 is 0 Å². The number of nitrogens with one attached hydrogen (secondary N) is 1. The monoisotopic (exact) mass is 291 g/mol. The van der Waals surface area contributed by atoms with Crippen molar-refractivity contribution in [2.24, 2.45) is 5.92 Å². The maximum atomic E-state index is 4.55. The van der Waals surface area contributed by atoms with Crippen LogP contribution in [0, 0.1) is 5.92 Å². The fraction of sp³-hybridized carbons (Fsp3) is 0.833. The minimum Gasteiger partial charge on any atom is -0.312 e. The van der Waals surface area contributed by atoms with E-state index in [-0.39, 0.29) is 5.54 Å². The van der Waals surface area contributed by atoms with Crippen LogP contribution in [0.5, 0.6) is 0 Å². The maximum absolute atomic E-state index is 4.55. The first-order valence-corrected chi connectivity index (χ1v) is 8.77. The van der Waals surface area contributed by atoms with Gasteiger partial charge in [-0.25, -0.2) is 0 Å². The second-order valence-corrected chi connectivity index (χ2v) is 7.67. The standard InChI is InChI=1S/C18H33N3/c1-5-11-21-14-16(13-20-21)17-10-8-6-7-9-15(17)12-19-18(2,3)4/h13-15,17,19H,5-12H2,1-4H3. The summed E-state index contributed by atoms with van der Waals surface area (Å²) in [6, 6.07) is 0. The average Bonchev–Trinajstić information content (AvgIpc) is 2.73. The largest absolute Gasteiger partial charge is 0.312 e. The third kappa shape index (κ3) is 5.14. The predicted molar refractivity (Wildman–Crippen MR) is 89.6 cm³/mol. The molecular formula is C18H33N3. The van der Waals surface area contributed by atoms with Gasteiger partial charge in [-0.15, -0.1) is 0 Å². The Labute approximate surface area is 130 Å². The molecule has 2 rings (SSSR count). The highest BCUT2D eigenvalue weighted by atomic mass is 15.3. The molecule has 2 unspecified atom stereocenters. The number of hydrogen-bond acceptors (Lipinski definition) is 2. The van der Waals surface area contributed by atoms with Crippen molar-refractivity contribution >= 4 is 0 Å². The summed E-state index contributed by atoms with van der Waals surface area (Å²) in [7, 11) is 0. The number of rotatable bonds is 5. The van der Waals surface area contributed by atoms with Crippen LogP contribution in [0.4, 0.5) is 0 Å². The van der Waals surface area contributed by atoms with Crippen LogP contribution >= 0.6 is 0 Å². The fourth-order valence-electron chi connectivity index (χ4n) is 3.43. The van der Waals surface area contributed by atoms with Gasteiger partial charge in [-0.05, 0) is 64.0 Å². The van der Waals surface area contributed by atoms with Crippen LogP contribution in [-0.2, 0) is 6.54 Å². The number of aromatic nitrogens is 2. The van der Waals surface area contributed by atoms with E-state index in [0.29, 0.717) is 5.92 Å². The molecule has 0 bridgehead atoms. The molecule has 3 nitrogen and oxygen atoms in total. The highest BCUT2D eigenvalue weighted by Gasteiger charge is 2.27. The Morgan fingerprint density at radius 1 is 1.24 bits per heavy atom. The van der Waals surface area contributed by atoms with E-state index in [1.54, 1.807) is 0 Å². The van der Waals surface area contributed by atoms with Crippen LogP contribution in [-0.4, -0.2) is 21.9 Å². The van der Waals surface area contributed by atoms with Gasteiger partial charge in [-0.1, -0.05) is 26.2 Å². The van der Waals surface area contributed by atoms with Crippen molar-refractivity contribution in [2.45, 2.75) is 84.2 Å². The van der Waals surface area contributed by atoms with E-state index < -0.39 is 0 Å². The molecule has 120 valence electrons. The van der Waals surface area contributed by atoms with Gasteiger partial charge in [-0.3, -0.25) is 4.68 Å². The molecule has 3 heteroatoms. The summed E-state index contributed by atoms with van der Waals surface area (Å²) >= 11 is 0. The van der Waals surface area contributed by atoms with Crippen molar-refractivity contribution in [2.75, 3.05) is 6.54 Å². The molecule has 0 radical (unpaired) electrons. The van der Waals surface area contributed by atoms with Crippen LogP contribution < -0.4 is 5.32 Å². The van der Waals surface area contributed by atoms with Crippen molar-refractivity contribution in [1.29, 1.82) is 0 Å². The van der Waals surface area contributed by atoms with E-state index in [1.807, 2.05) is 0 Å². The van der Waals surface area contributed by atoms with Crippen LogP contribution in [0.15, 0.2) is 12.4 Å². The third-order valence-electron chi connectivity index (χ3n) is 4.59. The van der Waals surface area contributed by atoms with E-state index in [4.69, 9.17) is 0 Å². The molecule has 21 heavy (non-hydrogen) atoms. The lowest BCUT2D eigenvalue weighted by molar-refractivity contribution is 0.322. The van der Waals surface area contributed by atoms with E-state index in [0.717, 1.165) is 25.4 Å². The molecule has 1 fully saturated rings. The molecule has 0 spiro atoms. The zero-order valence-corrected chi connectivity index (χ0v) is 14.4. The second-order valence-electron chi connectivity index (χ2n) is 7.67. The fourth-order valence-corrected chi connectivity index (χ4v) is 3.43. The lowest BCUT2D eigenvalue weighted by atomic mass is 9.83. The van der Waals surface area contributed by atoms with Crippen molar-refractivity contribution in [1.82, 2.24) is 15.1 Å². The molecule has 2 atom stereocenters. The van der Waals surface area contributed by atoms with Crippen LogP contribution in [0.3, 0.4) is 0 Å². The van der Waals surface area contributed by atoms with Crippen LogP contribution in [0.2, 0.25) is 0 Å². The third-order valence-corrected chi connectivity index (χ3v) is 4.59. The lowest BCUT2D eigenvalue weighted by Gasteiger charge is -2.29. The van der Waals surface area contributed by atoms with Crippen molar-refractivity contribution < 1.29 is 0 Å². The Hall–Kier alpha value is -0.830. The Bertz CT molecular complexity index is 416. The first kappa shape index (κ1) is 16.5. The van der Waals surface area contributed by atoms with Crippen molar-refractivity contribution in [3.8, 4) is 0 Å². The van der Waals surface area contributed by atoms with Crippen LogP contribution in [0.25, 0.3) is 0 Å². The van der Waals surface area contributed by atoms with Crippen molar-refractivity contribution in [3.05, 3.63) is 18.0 Å². The molecule has 1 heterocycles. The minimum atomic E-state index is 0.212. The molecule has 0 saturated heterocycles. The minimum absolute atomic E-state index is 0.212. The zero-order chi connectivity index (χ0) is 15.3. The summed E-state index contributed by atoms with van der Waals surface area (Å²) in [4.78, 5) is 0. The SMILES string of the molecule is CCCn1cc(C2CCCCCC2CNC(C)(C)C)cn1. The second kappa shape index (κ2) is 7.44. The van der Waals surface area contributed by atoms with E-state index in [9.17, 15) is 0 Å². The first-order chi connectivity index (χ1) is 9.99. The molecule has 0 amide bonds. The van der Waals surface area contributed by atoms with Gasteiger partial charge < -0.3 is 5.32 Å². The number of nitrogens with zero attached hydrogens (tertiary/aromatic N) is 2. The summed E-state index contributed by atoms with van der Waals surface area (Å²) in [6.07, 6.45) is 12.4. The molecule has 0 aliphatic heterocycles. The van der Waals surface area contributed by atoms with Gasteiger partial charge in [0.1, 0.15) is 0 Å². The number of hydrogen-bond donors (Lipinski definition) is 1. The molecule has 0 aromatic carbocycles. The average molecular weight is 291 g/mol. The maximum Gasteiger partial charge on any atom is 0.0524 e. The smallest absolute Gasteiger partial charge is 0.0524 e. The molecule has 1 aromatic rings. The summed E-state index contributed by atoms with van der Waals surface area (Å²) < 4.78 is 2.12. The summed E-state index contributed by atoms with van der Waals surface area (Å²) in [5.41, 5.74) is 1.68. The predicted octanol–water partition coefficient (Wildman–Crippen LogP) is 4.35. The Balaban J connectivity index is 2.07. The normalized spacial score (nSPS) is 24.0. The Morgan fingerprint density at radius 2 is 2.00 bits per heavy atom. The van der Waals surface area contributed by atoms with Crippen LogP contribution in [0.1, 0.15) is 77.7 Å². The molecule has 1 saturated carbocycles. The van der Waals surface area contributed by atoms with Gasteiger partial charge in [0.25, 0.3) is 0 Å². The van der Waals surface area contributed by atoms with Crippen molar-refractivity contribution in [3.63, 3.8) is 0 Å². The van der Waals surface area contributed by atoms with Gasteiger partial charge in [-0.2, -0.15) is 5.10 Å².